The SMILES string of the molecule is COC(=O)c1ccc(F)c(NC(=O)C2CCN(c3oc(-c4ccco4)nc3C#N)CC2)c1. The number of ether oxygens (including phenoxy) is 1. The van der Waals surface area contributed by atoms with Gasteiger partial charge in [0.15, 0.2) is 5.76 Å². The number of hydrogen-bond acceptors (Lipinski definition) is 8. The highest BCUT2D eigenvalue weighted by Crippen LogP contribution is 2.31. The average Bonchev–Trinajstić information content (AvgIpc) is 3.50. The van der Waals surface area contributed by atoms with Gasteiger partial charge in [0.2, 0.25) is 17.5 Å². The number of rotatable bonds is 5. The van der Waals surface area contributed by atoms with Crippen molar-refractivity contribution in [1.29, 1.82) is 5.26 Å². The van der Waals surface area contributed by atoms with Crippen LogP contribution in [0, 0.1) is 23.1 Å². The highest BCUT2D eigenvalue weighted by molar-refractivity contribution is 5.95. The molecule has 1 fully saturated rings. The molecular weight excluding hydrogens is 419 g/mol. The first-order valence-corrected chi connectivity index (χ1v) is 9.88. The molecule has 0 unspecified atom stereocenters. The molecule has 1 aliphatic rings. The fraction of sp³-hybridized carbons (Fsp3) is 0.273. The quantitative estimate of drug-likeness (QED) is 0.600. The van der Waals surface area contributed by atoms with Crippen molar-refractivity contribution in [3.05, 3.63) is 53.7 Å². The van der Waals surface area contributed by atoms with Crippen LogP contribution in [0.25, 0.3) is 11.7 Å². The summed E-state index contributed by atoms with van der Waals surface area (Å²) in [6.45, 7) is 0.897. The van der Waals surface area contributed by atoms with Crippen molar-refractivity contribution in [2.45, 2.75) is 12.8 Å². The molecule has 0 atom stereocenters. The zero-order valence-corrected chi connectivity index (χ0v) is 17.1. The number of halogens is 1. The lowest BCUT2D eigenvalue weighted by atomic mass is 9.95. The van der Waals surface area contributed by atoms with Gasteiger partial charge in [-0.05, 0) is 43.2 Å². The minimum Gasteiger partial charge on any atom is -0.465 e. The number of hydrogen-bond donors (Lipinski definition) is 1. The second-order valence-electron chi connectivity index (χ2n) is 7.20. The molecule has 0 bridgehead atoms. The lowest BCUT2D eigenvalue weighted by Crippen LogP contribution is -2.38. The fourth-order valence-electron chi connectivity index (χ4n) is 3.55. The van der Waals surface area contributed by atoms with Gasteiger partial charge in [-0.15, -0.1) is 0 Å². The molecule has 3 heterocycles. The summed E-state index contributed by atoms with van der Waals surface area (Å²) in [7, 11) is 1.22. The van der Waals surface area contributed by atoms with Crippen LogP contribution in [0.4, 0.5) is 16.0 Å². The maximum atomic E-state index is 14.1. The summed E-state index contributed by atoms with van der Waals surface area (Å²) < 4.78 is 29.8. The van der Waals surface area contributed by atoms with Crippen molar-refractivity contribution in [2.75, 3.05) is 30.4 Å². The zero-order valence-electron chi connectivity index (χ0n) is 17.1. The molecule has 32 heavy (non-hydrogen) atoms. The summed E-state index contributed by atoms with van der Waals surface area (Å²) in [4.78, 5) is 30.4. The number of oxazole rings is 1. The fourth-order valence-corrected chi connectivity index (χ4v) is 3.55. The van der Waals surface area contributed by atoms with E-state index >= 15 is 0 Å². The maximum absolute atomic E-state index is 14.1. The van der Waals surface area contributed by atoms with Crippen LogP contribution in [0.15, 0.2) is 45.4 Å². The first-order chi connectivity index (χ1) is 15.5. The third kappa shape index (κ3) is 4.18. The molecule has 1 aliphatic heterocycles. The Morgan fingerprint density at radius 1 is 1.31 bits per heavy atom. The topological polar surface area (TPSA) is 122 Å². The largest absolute Gasteiger partial charge is 0.465 e. The predicted octanol–water partition coefficient (Wildman–Crippen LogP) is 3.59. The van der Waals surface area contributed by atoms with Crippen LogP contribution in [-0.2, 0) is 9.53 Å². The van der Waals surface area contributed by atoms with Gasteiger partial charge in [0.05, 0.1) is 24.6 Å². The van der Waals surface area contributed by atoms with Crippen molar-refractivity contribution in [2.24, 2.45) is 5.92 Å². The number of benzene rings is 1. The van der Waals surface area contributed by atoms with Crippen molar-refractivity contribution in [3.63, 3.8) is 0 Å². The van der Waals surface area contributed by atoms with E-state index in [1.165, 1.54) is 25.5 Å². The number of nitriles is 1. The average molecular weight is 438 g/mol. The number of aromatic nitrogens is 1. The van der Waals surface area contributed by atoms with E-state index in [0.29, 0.717) is 37.6 Å². The van der Waals surface area contributed by atoms with Gasteiger partial charge in [0, 0.05) is 19.0 Å². The van der Waals surface area contributed by atoms with E-state index in [4.69, 9.17) is 8.83 Å². The number of esters is 1. The number of amides is 1. The van der Waals surface area contributed by atoms with E-state index in [0.717, 1.165) is 6.07 Å². The van der Waals surface area contributed by atoms with Crippen LogP contribution < -0.4 is 10.2 Å². The second-order valence-corrected chi connectivity index (χ2v) is 7.20. The number of nitrogens with zero attached hydrogens (tertiary/aromatic N) is 3. The number of methoxy groups -OCH3 is 1. The molecule has 0 saturated carbocycles. The lowest BCUT2D eigenvalue weighted by molar-refractivity contribution is -0.120. The molecule has 4 rings (SSSR count). The van der Waals surface area contributed by atoms with E-state index in [1.807, 2.05) is 11.0 Å². The van der Waals surface area contributed by atoms with Crippen molar-refractivity contribution < 1.29 is 27.6 Å². The van der Waals surface area contributed by atoms with E-state index in [1.54, 1.807) is 12.1 Å². The highest BCUT2D eigenvalue weighted by atomic mass is 19.1. The maximum Gasteiger partial charge on any atom is 0.337 e. The Balaban J connectivity index is 1.42. The van der Waals surface area contributed by atoms with Crippen LogP contribution in [0.3, 0.4) is 0 Å². The summed E-state index contributed by atoms with van der Waals surface area (Å²) in [5.41, 5.74) is 0.201. The first-order valence-electron chi connectivity index (χ1n) is 9.88. The molecule has 1 aromatic carbocycles. The number of anilines is 2. The monoisotopic (exact) mass is 438 g/mol. The van der Waals surface area contributed by atoms with Gasteiger partial charge in [-0.3, -0.25) is 4.79 Å². The summed E-state index contributed by atoms with van der Waals surface area (Å²) >= 11 is 0. The van der Waals surface area contributed by atoms with E-state index in [9.17, 15) is 19.2 Å². The van der Waals surface area contributed by atoms with Gasteiger partial charge >= 0.3 is 5.97 Å². The molecule has 9 nitrogen and oxygen atoms in total. The van der Waals surface area contributed by atoms with Crippen LogP contribution in [-0.4, -0.2) is 37.1 Å². The molecule has 10 heteroatoms. The molecule has 0 spiro atoms. The molecule has 1 amide bonds. The molecule has 2 aromatic heterocycles. The van der Waals surface area contributed by atoms with Gasteiger partial charge in [-0.25, -0.2) is 9.18 Å². The number of piperidine rings is 1. The van der Waals surface area contributed by atoms with Crippen LogP contribution in [0.1, 0.15) is 28.9 Å². The normalized spacial score (nSPS) is 14.1. The summed E-state index contributed by atoms with van der Waals surface area (Å²) in [5, 5.41) is 12.0. The minimum absolute atomic E-state index is 0.0783. The summed E-state index contributed by atoms with van der Waals surface area (Å²) in [5.74, 6) is -1.03. The van der Waals surface area contributed by atoms with E-state index < -0.39 is 11.8 Å². The van der Waals surface area contributed by atoms with Gasteiger partial charge in [0.25, 0.3) is 5.89 Å². The Kier molecular flexibility index (Phi) is 5.89. The number of carbonyl (C=O) groups is 2. The highest BCUT2D eigenvalue weighted by Gasteiger charge is 2.29. The zero-order chi connectivity index (χ0) is 22.7. The Hall–Kier alpha value is -4.13. The summed E-state index contributed by atoms with van der Waals surface area (Å²) in [6.07, 6.45) is 2.41. The number of nitrogens with one attached hydrogen (secondary N) is 1. The first kappa shape index (κ1) is 21.1. The smallest absolute Gasteiger partial charge is 0.337 e. The number of furan rings is 1. The standard InChI is InChI=1S/C22H19FN4O5/c1-30-22(29)14-4-5-15(23)16(11-14)25-19(28)13-6-8-27(9-7-13)21-17(12-24)26-20(32-21)18-3-2-10-31-18/h2-5,10-11,13H,6-9H2,1H3,(H,25,28). The minimum atomic E-state index is -0.644. The molecule has 1 saturated heterocycles. The molecule has 3 aromatic rings. The van der Waals surface area contributed by atoms with Gasteiger partial charge in [-0.2, -0.15) is 10.2 Å². The lowest BCUT2D eigenvalue weighted by Gasteiger charge is -2.31. The van der Waals surface area contributed by atoms with Crippen LogP contribution in [0.5, 0.6) is 0 Å². The third-order valence-corrected chi connectivity index (χ3v) is 5.25. The molecule has 0 radical (unpaired) electrons. The van der Waals surface area contributed by atoms with Gasteiger partial charge < -0.3 is 23.8 Å². The van der Waals surface area contributed by atoms with Crippen molar-refractivity contribution in [3.8, 4) is 17.7 Å². The molecule has 0 aliphatic carbocycles. The Morgan fingerprint density at radius 2 is 2.09 bits per heavy atom. The van der Waals surface area contributed by atoms with Gasteiger partial charge in [0.1, 0.15) is 11.9 Å². The van der Waals surface area contributed by atoms with E-state index in [2.05, 4.69) is 15.0 Å². The molecular formula is C22H19FN4O5. The van der Waals surface area contributed by atoms with Gasteiger partial charge in [-0.1, -0.05) is 0 Å². The van der Waals surface area contributed by atoms with Crippen LogP contribution in [0.2, 0.25) is 0 Å². The van der Waals surface area contributed by atoms with Crippen molar-refractivity contribution >= 4 is 23.4 Å². The Labute approximate surface area is 182 Å². The Bertz CT molecular complexity index is 1170. The van der Waals surface area contributed by atoms with E-state index in [-0.39, 0.29) is 34.7 Å². The van der Waals surface area contributed by atoms with Crippen molar-refractivity contribution in [1.82, 2.24) is 4.98 Å². The molecule has 1 N–H and O–H groups in total. The Morgan fingerprint density at radius 3 is 2.75 bits per heavy atom. The van der Waals surface area contributed by atoms with Crippen LogP contribution >= 0.6 is 0 Å². The summed E-state index contributed by atoms with van der Waals surface area (Å²) in [6, 6.07) is 9.04. The number of carbonyl (C=O) groups excluding carboxylic acids is 2. The second kappa shape index (κ2) is 8.93. The third-order valence-electron chi connectivity index (χ3n) is 5.25. The molecule has 164 valence electrons. The predicted molar refractivity (Wildman–Crippen MR) is 110 cm³/mol.